The molecule has 0 bridgehead atoms. The van der Waals surface area contributed by atoms with Gasteiger partial charge >= 0.3 is 0 Å². The highest BCUT2D eigenvalue weighted by Crippen LogP contribution is 2.37. The van der Waals surface area contributed by atoms with Gasteiger partial charge in [-0.3, -0.25) is 0 Å². The number of thioether (sulfide) groups is 1. The van der Waals surface area contributed by atoms with E-state index < -0.39 is 33.1 Å². The van der Waals surface area contributed by atoms with Gasteiger partial charge in [0.05, 0.1) is 24.0 Å². The number of hydrogen-bond donors (Lipinski definition) is 1. The third-order valence-electron chi connectivity index (χ3n) is 2.87. The topological polar surface area (TPSA) is 47.9 Å². The van der Waals surface area contributed by atoms with Crippen molar-refractivity contribution in [3.8, 4) is 5.75 Å². The first kappa shape index (κ1) is 18.9. The fourth-order valence-electron chi connectivity index (χ4n) is 1.72. The largest absolute Gasteiger partial charge is 0.497 e. The molecule has 0 amide bonds. The fourth-order valence-corrected chi connectivity index (χ4v) is 3.08. The number of methoxy groups -OCH3 is 1. The maximum Gasteiger partial charge on any atom is 0.179 e. The molecule has 24 heavy (non-hydrogen) atoms. The summed E-state index contributed by atoms with van der Waals surface area (Å²) in [6.07, 6.45) is 0. The molecule has 10 heteroatoms. The zero-order valence-corrected chi connectivity index (χ0v) is 13.6. The molecule has 1 N–H and O–H groups in total. The molecule has 0 atom stereocenters. The summed E-state index contributed by atoms with van der Waals surface area (Å²) in [7, 11) is 1.49. The second-order valence-corrected chi connectivity index (χ2v) is 5.97. The van der Waals surface area contributed by atoms with Crippen molar-refractivity contribution >= 4 is 23.8 Å². The standard InChI is InChI=1S/C14H10F4O4S2/c1-20-8-4-2-7(3-5-8)6-23-13-9(15)11(17)14(24-22-21-19)12(18)10(13)16/h2-5,19H,6H2,1H3. The van der Waals surface area contributed by atoms with Crippen molar-refractivity contribution in [1.29, 1.82) is 0 Å². The Kier molecular flexibility index (Phi) is 6.75. The molecule has 0 aliphatic carbocycles. The molecule has 2 rings (SSSR count). The van der Waals surface area contributed by atoms with Crippen molar-refractivity contribution in [2.45, 2.75) is 15.5 Å². The van der Waals surface area contributed by atoms with E-state index >= 15 is 0 Å². The molecule has 0 aromatic heterocycles. The van der Waals surface area contributed by atoms with Crippen LogP contribution in [-0.4, -0.2) is 12.4 Å². The summed E-state index contributed by atoms with van der Waals surface area (Å²) in [6.45, 7) is 0. The molecule has 0 aliphatic rings. The van der Waals surface area contributed by atoms with Crippen LogP contribution in [0, 0.1) is 23.3 Å². The van der Waals surface area contributed by atoms with Crippen LogP contribution in [0.25, 0.3) is 0 Å². The van der Waals surface area contributed by atoms with Gasteiger partial charge < -0.3 is 4.74 Å². The van der Waals surface area contributed by atoms with Crippen molar-refractivity contribution in [2.75, 3.05) is 7.11 Å². The fraction of sp³-hybridized carbons (Fsp3) is 0.143. The van der Waals surface area contributed by atoms with Crippen LogP contribution in [0.1, 0.15) is 5.56 Å². The molecule has 0 unspecified atom stereocenters. The summed E-state index contributed by atoms with van der Waals surface area (Å²) in [5.41, 5.74) is 0.677. The van der Waals surface area contributed by atoms with Crippen molar-refractivity contribution in [3.05, 3.63) is 53.1 Å². The average molecular weight is 382 g/mol. The SMILES string of the molecule is COc1ccc(CSc2c(F)c(F)c(SOOO)c(F)c2F)cc1. The van der Waals surface area contributed by atoms with Crippen LogP contribution in [0.4, 0.5) is 17.6 Å². The number of ether oxygens (including phenoxy) is 1. The Hall–Kier alpha value is -1.46. The van der Waals surface area contributed by atoms with E-state index in [9.17, 15) is 17.6 Å². The first-order valence-corrected chi connectivity index (χ1v) is 7.98. The highest BCUT2D eigenvalue weighted by Gasteiger charge is 2.27. The molecule has 0 saturated heterocycles. The second-order valence-electron chi connectivity index (χ2n) is 4.28. The number of benzene rings is 2. The molecular weight excluding hydrogens is 372 g/mol. The smallest absolute Gasteiger partial charge is 0.179 e. The van der Waals surface area contributed by atoms with Crippen molar-refractivity contribution in [3.63, 3.8) is 0 Å². The molecule has 0 radical (unpaired) electrons. The van der Waals surface area contributed by atoms with E-state index in [2.05, 4.69) is 9.37 Å². The summed E-state index contributed by atoms with van der Waals surface area (Å²) in [5.74, 6) is -5.72. The van der Waals surface area contributed by atoms with Crippen molar-refractivity contribution in [2.24, 2.45) is 0 Å². The van der Waals surface area contributed by atoms with Crippen LogP contribution in [0.3, 0.4) is 0 Å². The molecule has 0 heterocycles. The van der Waals surface area contributed by atoms with Crippen LogP contribution in [0.15, 0.2) is 34.1 Å². The zero-order chi connectivity index (χ0) is 17.7. The van der Waals surface area contributed by atoms with E-state index in [1.165, 1.54) is 7.11 Å². The molecule has 0 aliphatic heterocycles. The van der Waals surface area contributed by atoms with E-state index in [4.69, 9.17) is 9.99 Å². The minimum atomic E-state index is -1.65. The minimum Gasteiger partial charge on any atom is -0.497 e. The Labute approximate surface area is 142 Å². The summed E-state index contributed by atoms with van der Waals surface area (Å²) < 4.78 is 64.3. The van der Waals surface area contributed by atoms with Gasteiger partial charge in [0.2, 0.25) is 0 Å². The average Bonchev–Trinajstić information content (AvgIpc) is 2.60. The molecule has 2 aromatic carbocycles. The summed E-state index contributed by atoms with van der Waals surface area (Å²) >= 11 is 0.403. The number of rotatable bonds is 7. The molecule has 0 fully saturated rings. The van der Waals surface area contributed by atoms with E-state index in [-0.39, 0.29) is 17.8 Å². The van der Waals surface area contributed by atoms with Crippen LogP contribution in [0.2, 0.25) is 0 Å². The van der Waals surface area contributed by atoms with Gasteiger partial charge in [0.1, 0.15) is 10.6 Å². The van der Waals surface area contributed by atoms with E-state index in [0.717, 1.165) is 0 Å². The third kappa shape index (κ3) is 4.14. The van der Waals surface area contributed by atoms with Crippen molar-refractivity contribution < 1.29 is 36.9 Å². The normalized spacial score (nSPS) is 10.9. The Morgan fingerprint density at radius 2 is 1.46 bits per heavy atom. The predicted octanol–water partition coefficient (Wildman–Crippen LogP) is 4.97. The van der Waals surface area contributed by atoms with Crippen LogP contribution < -0.4 is 4.74 Å². The maximum absolute atomic E-state index is 14.0. The summed E-state index contributed by atoms with van der Waals surface area (Å²) in [5, 5.41) is 11.1. The van der Waals surface area contributed by atoms with Crippen LogP contribution in [-0.2, 0) is 15.1 Å². The Bertz CT molecular complexity index is 684. The Balaban J connectivity index is 2.23. The highest BCUT2D eigenvalue weighted by atomic mass is 32.2. The van der Waals surface area contributed by atoms with E-state index in [1.54, 1.807) is 24.3 Å². The molecule has 4 nitrogen and oxygen atoms in total. The molecular formula is C14H10F4O4S2. The first-order chi connectivity index (χ1) is 11.5. The first-order valence-electron chi connectivity index (χ1n) is 6.26. The monoisotopic (exact) mass is 382 g/mol. The number of hydrogen-bond acceptors (Lipinski definition) is 6. The lowest BCUT2D eigenvalue weighted by Gasteiger charge is -2.10. The van der Waals surface area contributed by atoms with Gasteiger partial charge in [-0.1, -0.05) is 17.2 Å². The Morgan fingerprint density at radius 1 is 0.917 bits per heavy atom. The third-order valence-corrected chi connectivity index (χ3v) is 4.65. The highest BCUT2D eigenvalue weighted by molar-refractivity contribution is 7.98. The van der Waals surface area contributed by atoms with Gasteiger partial charge in [-0.15, -0.1) is 16.1 Å². The molecule has 2 aromatic rings. The molecule has 130 valence electrons. The minimum absolute atomic E-state index is 0.0828. The van der Waals surface area contributed by atoms with Crippen LogP contribution >= 0.6 is 23.8 Å². The van der Waals surface area contributed by atoms with Crippen LogP contribution in [0.5, 0.6) is 5.75 Å². The summed E-state index contributed by atoms with van der Waals surface area (Å²) in [6, 6.07) is 6.61. The second kappa shape index (κ2) is 8.58. The Morgan fingerprint density at radius 3 is 1.96 bits per heavy atom. The number of halogens is 4. The van der Waals surface area contributed by atoms with Gasteiger partial charge in [-0.2, -0.15) is 0 Å². The lowest BCUT2D eigenvalue weighted by Crippen LogP contribution is -2.02. The summed E-state index contributed by atoms with van der Waals surface area (Å²) in [4.78, 5) is -1.90. The molecule has 0 spiro atoms. The maximum atomic E-state index is 14.0. The predicted molar refractivity (Wildman–Crippen MR) is 79.5 cm³/mol. The van der Waals surface area contributed by atoms with Gasteiger partial charge in [0.25, 0.3) is 0 Å². The van der Waals surface area contributed by atoms with Gasteiger partial charge in [0.15, 0.2) is 23.3 Å². The quantitative estimate of drug-likeness (QED) is 0.182. The zero-order valence-electron chi connectivity index (χ0n) is 12.0. The van der Waals surface area contributed by atoms with Gasteiger partial charge in [-0.25, -0.2) is 22.8 Å². The van der Waals surface area contributed by atoms with Gasteiger partial charge in [-0.05, 0) is 17.7 Å². The van der Waals surface area contributed by atoms with E-state index in [1.807, 2.05) is 0 Å². The molecule has 0 saturated carbocycles. The lowest BCUT2D eigenvalue weighted by molar-refractivity contribution is -0.432. The lowest BCUT2D eigenvalue weighted by atomic mass is 10.2. The van der Waals surface area contributed by atoms with Crippen molar-refractivity contribution in [1.82, 2.24) is 0 Å². The van der Waals surface area contributed by atoms with Gasteiger partial charge in [0, 0.05) is 5.75 Å². The van der Waals surface area contributed by atoms with E-state index in [0.29, 0.717) is 23.1 Å².